The molecule has 0 aromatic rings. The monoisotopic (exact) mass is 135 g/mol. The molecule has 54 valence electrons. The molecule has 2 aliphatic heterocycles. The van der Waals surface area contributed by atoms with E-state index < -0.39 is 0 Å². The van der Waals surface area contributed by atoms with E-state index in [-0.39, 0.29) is 0 Å². The molecule has 0 saturated carbocycles. The smallest absolute Gasteiger partial charge is 0.0284 e. The van der Waals surface area contributed by atoms with Crippen molar-refractivity contribution in [3.63, 3.8) is 0 Å². The summed E-state index contributed by atoms with van der Waals surface area (Å²) in [5.74, 6) is 0. The van der Waals surface area contributed by atoms with Gasteiger partial charge >= 0.3 is 0 Å². The standard InChI is InChI=1S/C9H13N/c1-10-8-4-2-3-5-9(10)7-6-8/h2-5,8-9H,6-7H2,1H3. The van der Waals surface area contributed by atoms with Crippen molar-refractivity contribution in [2.45, 2.75) is 24.9 Å². The van der Waals surface area contributed by atoms with E-state index in [9.17, 15) is 0 Å². The summed E-state index contributed by atoms with van der Waals surface area (Å²) in [4.78, 5) is 2.44. The number of fused-ring (bicyclic) bond motifs is 2. The van der Waals surface area contributed by atoms with E-state index in [0.29, 0.717) is 12.1 Å². The van der Waals surface area contributed by atoms with Gasteiger partial charge in [-0.3, -0.25) is 4.90 Å². The molecule has 0 amide bonds. The largest absolute Gasteiger partial charge is 0.294 e. The van der Waals surface area contributed by atoms with Gasteiger partial charge in [-0.2, -0.15) is 0 Å². The first kappa shape index (κ1) is 6.17. The Morgan fingerprint density at radius 2 is 1.60 bits per heavy atom. The summed E-state index contributed by atoms with van der Waals surface area (Å²) in [5, 5.41) is 0. The fourth-order valence-electron chi connectivity index (χ4n) is 1.84. The van der Waals surface area contributed by atoms with Crippen LogP contribution in [-0.4, -0.2) is 24.0 Å². The van der Waals surface area contributed by atoms with Gasteiger partial charge in [0.1, 0.15) is 0 Å². The second-order valence-electron chi connectivity index (χ2n) is 3.15. The van der Waals surface area contributed by atoms with Crippen LogP contribution in [0.3, 0.4) is 0 Å². The molecule has 1 fully saturated rings. The second kappa shape index (κ2) is 2.24. The summed E-state index contributed by atoms with van der Waals surface area (Å²) in [5.41, 5.74) is 0. The molecule has 0 spiro atoms. The Labute approximate surface area is 62.0 Å². The third-order valence-corrected chi connectivity index (χ3v) is 2.58. The number of nitrogens with zero attached hydrogens (tertiary/aromatic N) is 1. The average molecular weight is 135 g/mol. The highest BCUT2D eigenvalue weighted by molar-refractivity contribution is 5.17. The van der Waals surface area contributed by atoms with Crippen LogP contribution >= 0.6 is 0 Å². The van der Waals surface area contributed by atoms with Crippen molar-refractivity contribution in [1.82, 2.24) is 4.90 Å². The molecule has 2 unspecified atom stereocenters. The zero-order valence-corrected chi connectivity index (χ0v) is 6.33. The number of hydrogen-bond donors (Lipinski definition) is 0. The molecule has 0 N–H and O–H groups in total. The Morgan fingerprint density at radius 1 is 1.10 bits per heavy atom. The molecule has 2 rings (SSSR count). The van der Waals surface area contributed by atoms with E-state index in [1.807, 2.05) is 0 Å². The van der Waals surface area contributed by atoms with Crippen LogP contribution in [0.5, 0.6) is 0 Å². The molecule has 2 atom stereocenters. The van der Waals surface area contributed by atoms with E-state index in [0.717, 1.165) is 0 Å². The molecule has 2 aliphatic rings. The Hall–Kier alpha value is -0.560. The van der Waals surface area contributed by atoms with Gasteiger partial charge in [-0.05, 0) is 19.9 Å². The highest BCUT2D eigenvalue weighted by Gasteiger charge is 2.27. The van der Waals surface area contributed by atoms with Crippen LogP contribution in [0, 0.1) is 0 Å². The molecular formula is C9H13N. The first-order chi connectivity index (χ1) is 4.88. The van der Waals surface area contributed by atoms with E-state index in [1.165, 1.54) is 12.8 Å². The number of rotatable bonds is 0. The normalized spacial score (nSPS) is 38.5. The molecule has 0 aromatic carbocycles. The van der Waals surface area contributed by atoms with Crippen LogP contribution < -0.4 is 0 Å². The van der Waals surface area contributed by atoms with Crippen molar-refractivity contribution in [3.8, 4) is 0 Å². The highest BCUT2D eigenvalue weighted by Crippen LogP contribution is 2.25. The van der Waals surface area contributed by atoms with Gasteiger partial charge in [-0.25, -0.2) is 0 Å². The predicted molar refractivity (Wildman–Crippen MR) is 42.9 cm³/mol. The van der Waals surface area contributed by atoms with Gasteiger partial charge in [0, 0.05) is 12.1 Å². The zero-order valence-electron chi connectivity index (χ0n) is 6.33. The Balaban J connectivity index is 2.26. The third kappa shape index (κ3) is 0.816. The van der Waals surface area contributed by atoms with Crippen LogP contribution in [0.15, 0.2) is 24.3 Å². The lowest BCUT2D eigenvalue weighted by Gasteiger charge is -2.19. The predicted octanol–water partition coefficient (Wildman–Crippen LogP) is 1.58. The van der Waals surface area contributed by atoms with E-state index in [1.54, 1.807) is 0 Å². The summed E-state index contributed by atoms with van der Waals surface area (Å²) in [7, 11) is 2.21. The quantitative estimate of drug-likeness (QED) is 0.487. The lowest BCUT2D eigenvalue weighted by molar-refractivity contribution is 0.310. The maximum atomic E-state index is 2.44. The zero-order chi connectivity index (χ0) is 6.97. The van der Waals surface area contributed by atoms with Crippen molar-refractivity contribution in [3.05, 3.63) is 24.3 Å². The third-order valence-electron chi connectivity index (χ3n) is 2.58. The SMILES string of the molecule is CN1C2C=CC=CC1CC2. The van der Waals surface area contributed by atoms with Crippen LogP contribution in [0.1, 0.15) is 12.8 Å². The van der Waals surface area contributed by atoms with Crippen LogP contribution in [-0.2, 0) is 0 Å². The molecule has 0 aliphatic carbocycles. The number of hydrogen-bond acceptors (Lipinski definition) is 1. The maximum absolute atomic E-state index is 2.44. The minimum atomic E-state index is 0.708. The van der Waals surface area contributed by atoms with Gasteiger partial charge in [0.15, 0.2) is 0 Å². The minimum Gasteiger partial charge on any atom is -0.294 e. The Morgan fingerprint density at radius 3 is 2.10 bits per heavy atom. The molecule has 1 heteroatoms. The van der Waals surface area contributed by atoms with Crippen molar-refractivity contribution in [2.24, 2.45) is 0 Å². The lowest BCUT2D eigenvalue weighted by Crippen LogP contribution is -2.28. The fourth-order valence-corrected chi connectivity index (χ4v) is 1.84. The van der Waals surface area contributed by atoms with Gasteiger partial charge < -0.3 is 0 Å². The maximum Gasteiger partial charge on any atom is 0.0284 e. The number of allylic oxidation sites excluding steroid dienone is 2. The van der Waals surface area contributed by atoms with Crippen molar-refractivity contribution < 1.29 is 0 Å². The molecular weight excluding hydrogens is 122 g/mol. The van der Waals surface area contributed by atoms with E-state index >= 15 is 0 Å². The highest BCUT2D eigenvalue weighted by atomic mass is 15.2. The Bertz CT molecular complexity index is 161. The summed E-state index contributed by atoms with van der Waals surface area (Å²) < 4.78 is 0. The van der Waals surface area contributed by atoms with Crippen molar-refractivity contribution in [1.29, 1.82) is 0 Å². The van der Waals surface area contributed by atoms with Gasteiger partial charge in [0.05, 0.1) is 0 Å². The van der Waals surface area contributed by atoms with Crippen LogP contribution in [0.25, 0.3) is 0 Å². The molecule has 0 aromatic heterocycles. The molecule has 1 saturated heterocycles. The number of likely N-dealkylation sites (N-methyl/N-ethyl adjacent to an activating group) is 1. The minimum absolute atomic E-state index is 0.708. The fraction of sp³-hybridized carbons (Fsp3) is 0.556. The van der Waals surface area contributed by atoms with Gasteiger partial charge in [-0.15, -0.1) is 0 Å². The Kier molecular flexibility index (Phi) is 1.38. The van der Waals surface area contributed by atoms with Gasteiger partial charge in [-0.1, -0.05) is 24.3 Å². The first-order valence-electron chi connectivity index (χ1n) is 3.95. The van der Waals surface area contributed by atoms with E-state index in [4.69, 9.17) is 0 Å². The van der Waals surface area contributed by atoms with Crippen molar-refractivity contribution in [2.75, 3.05) is 7.05 Å². The lowest BCUT2D eigenvalue weighted by atomic mass is 10.1. The van der Waals surface area contributed by atoms with Gasteiger partial charge in [0.2, 0.25) is 0 Å². The van der Waals surface area contributed by atoms with Crippen LogP contribution in [0.4, 0.5) is 0 Å². The summed E-state index contributed by atoms with van der Waals surface area (Å²) >= 11 is 0. The van der Waals surface area contributed by atoms with Gasteiger partial charge in [0.25, 0.3) is 0 Å². The first-order valence-corrected chi connectivity index (χ1v) is 3.95. The van der Waals surface area contributed by atoms with E-state index in [2.05, 4.69) is 36.3 Å². The summed E-state index contributed by atoms with van der Waals surface area (Å²) in [6.45, 7) is 0. The average Bonchev–Trinajstić information content (AvgIpc) is 2.06. The van der Waals surface area contributed by atoms with Crippen LogP contribution in [0.2, 0.25) is 0 Å². The molecule has 2 heterocycles. The summed E-state index contributed by atoms with van der Waals surface area (Å²) in [6, 6.07) is 1.42. The topological polar surface area (TPSA) is 3.24 Å². The molecule has 2 bridgehead atoms. The molecule has 1 nitrogen and oxygen atoms in total. The van der Waals surface area contributed by atoms with Crippen molar-refractivity contribution >= 4 is 0 Å². The second-order valence-corrected chi connectivity index (χ2v) is 3.15. The summed E-state index contributed by atoms with van der Waals surface area (Å²) in [6.07, 6.45) is 11.6. The molecule has 10 heavy (non-hydrogen) atoms. The molecule has 0 radical (unpaired) electrons.